The van der Waals surface area contributed by atoms with Crippen molar-refractivity contribution in [3.63, 3.8) is 0 Å². The highest BCUT2D eigenvalue weighted by Gasteiger charge is 2.25. The number of carbonyl (C=O) groups excluding carboxylic acids is 1. The van der Waals surface area contributed by atoms with Gasteiger partial charge in [0.2, 0.25) is 5.43 Å². The van der Waals surface area contributed by atoms with Crippen molar-refractivity contribution < 1.29 is 14.3 Å². The van der Waals surface area contributed by atoms with Crippen LogP contribution in [0.1, 0.15) is 45.9 Å². The summed E-state index contributed by atoms with van der Waals surface area (Å²) in [7, 11) is 0. The number of fused-ring (bicyclic) bond motifs is 2. The normalized spacial score (nSPS) is 16.1. The predicted octanol–water partition coefficient (Wildman–Crippen LogP) is 3.49. The van der Waals surface area contributed by atoms with E-state index in [-0.39, 0.29) is 22.7 Å². The van der Waals surface area contributed by atoms with Gasteiger partial charge in [-0.05, 0) is 61.1 Å². The number of hydrogen-bond donors (Lipinski definition) is 3. The Morgan fingerprint density at radius 3 is 2.96 bits per heavy atom. The third-order valence-corrected chi connectivity index (χ3v) is 5.18. The topological polar surface area (TPSA) is 82.2 Å². The van der Waals surface area contributed by atoms with Crippen LogP contribution >= 0.6 is 0 Å². The van der Waals surface area contributed by atoms with E-state index < -0.39 is 17.2 Å². The summed E-state index contributed by atoms with van der Waals surface area (Å²) in [5, 5.41) is 13.1. The summed E-state index contributed by atoms with van der Waals surface area (Å²) >= 11 is 0. The van der Waals surface area contributed by atoms with Gasteiger partial charge in [-0.15, -0.1) is 0 Å². The molecule has 1 atom stereocenters. The van der Waals surface area contributed by atoms with E-state index in [2.05, 4.69) is 10.3 Å². The van der Waals surface area contributed by atoms with Gasteiger partial charge in [-0.25, -0.2) is 4.39 Å². The van der Waals surface area contributed by atoms with Gasteiger partial charge in [0, 0.05) is 11.6 Å². The van der Waals surface area contributed by atoms with Gasteiger partial charge in [-0.1, -0.05) is 12.1 Å². The first-order valence-corrected chi connectivity index (χ1v) is 8.89. The van der Waals surface area contributed by atoms with E-state index in [9.17, 15) is 19.1 Å². The Labute approximate surface area is 154 Å². The molecule has 2 aromatic carbocycles. The Kier molecular flexibility index (Phi) is 4.18. The first-order chi connectivity index (χ1) is 13.0. The highest BCUT2D eigenvalue weighted by atomic mass is 19.1. The lowest BCUT2D eigenvalue weighted by molar-refractivity contribution is 0.0931. The van der Waals surface area contributed by atoms with Crippen molar-refractivity contribution >= 4 is 16.8 Å². The van der Waals surface area contributed by atoms with Gasteiger partial charge in [0.1, 0.15) is 17.1 Å². The third-order valence-electron chi connectivity index (χ3n) is 5.18. The van der Waals surface area contributed by atoms with Gasteiger partial charge in [0.05, 0.1) is 11.6 Å². The van der Waals surface area contributed by atoms with Crippen molar-refractivity contribution in [2.45, 2.75) is 32.2 Å². The molecular weight excluding hydrogens is 347 g/mol. The zero-order chi connectivity index (χ0) is 19.1. The molecule has 5 nitrogen and oxygen atoms in total. The van der Waals surface area contributed by atoms with Crippen LogP contribution in [0, 0.1) is 12.7 Å². The molecule has 0 radical (unpaired) electrons. The number of aryl methyl sites for hydroxylation is 1. The van der Waals surface area contributed by atoms with E-state index >= 15 is 0 Å². The average Bonchev–Trinajstić information content (AvgIpc) is 2.63. The number of aromatic hydroxyl groups is 1. The molecule has 138 valence electrons. The zero-order valence-corrected chi connectivity index (χ0v) is 14.8. The van der Waals surface area contributed by atoms with Gasteiger partial charge in [0.25, 0.3) is 5.91 Å². The van der Waals surface area contributed by atoms with E-state index in [0.717, 1.165) is 36.5 Å². The van der Waals surface area contributed by atoms with Crippen molar-refractivity contribution in [2.24, 2.45) is 0 Å². The van der Waals surface area contributed by atoms with Gasteiger partial charge in [-0.3, -0.25) is 9.59 Å². The quantitative estimate of drug-likeness (QED) is 0.649. The summed E-state index contributed by atoms with van der Waals surface area (Å²) in [6.07, 6.45) is 3.68. The van der Waals surface area contributed by atoms with Crippen LogP contribution in [0.15, 0.2) is 41.3 Å². The Morgan fingerprint density at radius 1 is 1.33 bits per heavy atom. The van der Waals surface area contributed by atoms with Crippen LogP contribution in [0.5, 0.6) is 5.75 Å². The molecule has 1 amide bonds. The standard InChI is InChI=1S/C21H19FN2O3/c1-11-8-12(22)9-15-19(11)23-10-16(20(15)26)21(27)24-17-6-2-5-14-13(17)4-3-7-18(14)25/h3-4,7-10,17,25H,2,5-6H2,1H3,(H,23,26)(H,24,27). The minimum Gasteiger partial charge on any atom is -0.508 e. The van der Waals surface area contributed by atoms with Crippen LogP contribution in [-0.2, 0) is 6.42 Å². The molecule has 3 N–H and O–H groups in total. The number of phenols is 1. The summed E-state index contributed by atoms with van der Waals surface area (Å²) in [6, 6.07) is 7.46. The molecule has 1 heterocycles. The summed E-state index contributed by atoms with van der Waals surface area (Å²) in [4.78, 5) is 28.4. The molecule has 3 aromatic rings. The summed E-state index contributed by atoms with van der Waals surface area (Å²) in [6.45, 7) is 1.70. The number of hydrogen-bond acceptors (Lipinski definition) is 3. The SMILES string of the molecule is Cc1cc(F)cc2c(=O)c(C(=O)NC3CCCc4c(O)cccc43)c[nH]c12. The van der Waals surface area contributed by atoms with E-state index in [1.54, 1.807) is 19.1 Å². The lowest BCUT2D eigenvalue weighted by Gasteiger charge is -2.26. The predicted molar refractivity (Wildman–Crippen MR) is 101 cm³/mol. The summed E-state index contributed by atoms with van der Waals surface area (Å²) < 4.78 is 13.7. The lowest BCUT2D eigenvalue weighted by atomic mass is 9.87. The molecule has 1 aromatic heterocycles. The average molecular weight is 366 g/mol. The molecule has 1 aliphatic carbocycles. The highest BCUT2D eigenvalue weighted by molar-refractivity contribution is 5.97. The maximum absolute atomic E-state index is 13.7. The van der Waals surface area contributed by atoms with Gasteiger partial charge < -0.3 is 15.4 Å². The molecule has 0 spiro atoms. The Bertz CT molecular complexity index is 1120. The molecule has 1 aliphatic rings. The minimum atomic E-state index is -0.514. The maximum atomic E-state index is 13.7. The molecule has 27 heavy (non-hydrogen) atoms. The number of rotatable bonds is 2. The number of carbonyl (C=O) groups is 1. The molecule has 0 saturated carbocycles. The van der Waals surface area contributed by atoms with Crippen LogP contribution in [0.25, 0.3) is 10.9 Å². The fourth-order valence-corrected chi connectivity index (χ4v) is 3.85. The first kappa shape index (κ1) is 17.3. The molecule has 4 rings (SSSR count). The Morgan fingerprint density at radius 2 is 2.15 bits per heavy atom. The molecule has 0 saturated heterocycles. The van der Waals surface area contributed by atoms with Gasteiger partial charge in [-0.2, -0.15) is 0 Å². The van der Waals surface area contributed by atoms with Crippen molar-refractivity contribution in [1.82, 2.24) is 10.3 Å². The number of nitrogens with one attached hydrogen (secondary N) is 2. The van der Waals surface area contributed by atoms with Crippen LogP contribution in [0.2, 0.25) is 0 Å². The van der Waals surface area contributed by atoms with Crippen LogP contribution < -0.4 is 10.7 Å². The number of aromatic nitrogens is 1. The first-order valence-electron chi connectivity index (χ1n) is 8.89. The summed E-state index contributed by atoms with van der Waals surface area (Å²) in [5.74, 6) is -0.804. The number of phenolic OH excluding ortho intramolecular Hbond substituents is 1. The van der Waals surface area contributed by atoms with Gasteiger partial charge in [0.15, 0.2) is 0 Å². The van der Waals surface area contributed by atoms with Crippen molar-refractivity contribution in [2.75, 3.05) is 0 Å². The smallest absolute Gasteiger partial charge is 0.257 e. The van der Waals surface area contributed by atoms with Crippen LogP contribution in [0.4, 0.5) is 4.39 Å². The number of benzene rings is 2. The second-order valence-electron chi connectivity index (χ2n) is 6.94. The molecular formula is C21H19FN2O3. The second kappa shape index (κ2) is 6.54. The van der Waals surface area contributed by atoms with Crippen molar-refractivity contribution in [3.8, 4) is 5.75 Å². The fraction of sp³-hybridized carbons (Fsp3) is 0.238. The molecule has 0 aliphatic heterocycles. The number of aromatic amines is 1. The second-order valence-corrected chi connectivity index (χ2v) is 6.94. The number of halogens is 1. The minimum absolute atomic E-state index is 0.0558. The van der Waals surface area contributed by atoms with E-state index in [1.165, 1.54) is 12.3 Å². The van der Waals surface area contributed by atoms with E-state index in [0.29, 0.717) is 11.1 Å². The highest BCUT2D eigenvalue weighted by Crippen LogP contribution is 2.34. The summed E-state index contributed by atoms with van der Waals surface area (Å²) in [5.41, 5.74) is 2.26. The van der Waals surface area contributed by atoms with Crippen LogP contribution in [0.3, 0.4) is 0 Å². The molecule has 6 heteroatoms. The Balaban J connectivity index is 1.70. The molecule has 0 fully saturated rings. The van der Waals surface area contributed by atoms with Crippen molar-refractivity contribution in [3.05, 3.63) is 74.8 Å². The number of amides is 1. The maximum Gasteiger partial charge on any atom is 0.257 e. The van der Waals surface area contributed by atoms with Crippen molar-refractivity contribution in [1.29, 1.82) is 0 Å². The third kappa shape index (κ3) is 2.97. The molecule has 1 unspecified atom stereocenters. The monoisotopic (exact) mass is 366 g/mol. The fourth-order valence-electron chi connectivity index (χ4n) is 3.85. The lowest BCUT2D eigenvalue weighted by Crippen LogP contribution is -2.34. The number of H-pyrrole nitrogens is 1. The van der Waals surface area contributed by atoms with Gasteiger partial charge >= 0.3 is 0 Å². The van der Waals surface area contributed by atoms with Crippen LogP contribution in [-0.4, -0.2) is 16.0 Å². The Hall–Kier alpha value is -3.15. The molecule has 0 bridgehead atoms. The van der Waals surface area contributed by atoms with E-state index in [4.69, 9.17) is 0 Å². The zero-order valence-electron chi connectivity index (χ0n) is 14.8. The van der Waals surface area contributed by atoms with E-state index in [1.807, 2.05) is 6.07 Å². The number of pyridine rings is 1. The largest absolute Gasteiger partial charge is 0.508 e.